The average Bonchev–Trinajstić information content (AvgIpc) is 2.01. The lowest BCUT2D eigenvalue weighted by Crippen LogP contribution is -2.15. The Bertz CT molecular complexity index is 95.5. The van der Waals surface area contributed by atoms with Crippen LogP contribution in [0.15, 0.2) is 0 Å². The first-order valence-corrected chi connectivity index (χ1v) is 5.30. The number of rotatable bonds is 5. The van der Waals surface area contributed by atoms with Crippen LogP contribution in [0, 0.1) is 5.92 Å². The van der Waals surface area contributed by atoms with Crippen molar-refractivity contribution >= 4 is 0 Å². The third-order valence-electron chi connectivity index (χ3n) is 1.70. The lowest BCUT2D eigenvalue weighted by Gasteiger charge is -2.10. The molecule has 0 rings (SSSR count). The summed E-state index contributed by atoms with van der Waals surface area (Å²) in [5.74, 6) is 0.845. The molecule has 14 heavy (non-hydrogen) atoms. The summed E-state index contributed by atoms with van der Waals surface area (Å²) in [5.41, 5.74) is 0. The molecule has 0 aromatic rings. The normalized spacial score (nSPS) is 10.7. The predicted molar refractivity (Wildman–Crippen MR) is 63.6 cm³/mol. The summed E-state index contributed by atoms with van der Waals surface area (Å²) >= 11 is 0. The zero-order valence-electron chi connectivity index (χ0n) is 10.7. The molecule has 0 aromatic carbocycles. The first-order chi connectivity index (χ1) is 6.40. The van der Waals surface area contributed by atoms with E-state index in [1.165, 1.54) is 13.0 Å². The molecule has 0 bridgehead atoms. The van der Waals surface area contributed by atoms with E-state index in [2.05, 4.69) is 32.8 Å². The molecule has 0 aliphatic carbocycles. The molecule has 3 nitrogen and oxygen atoms in total. The van der Waals surface area contributed by atoms with Crippen molar-refractivity contribution in [3.05, 3.63) is 0 Å². The van der Waals surface area contributed by atoms with Gasteiger partial charge in [-0.25, -0.2) is 0 Å². The van der Waals surface area contributed by atoms with E-state index < -0.39 is 0 Å². The first kappa shape index (κ1) is 16.3. The Kier molecular flexibility index (Phi) is 12.8. The first-order valence-electron chi connectivity index (χ1n) is 5.30. The second-order valence-electron chi connectivity index (χ2n) is 4.51. The molecule has 0 heterocycles. The van der Waals surface area contributed by atoms with Gasteiger partial charge in [0.2, 0.25) is 0 Å². The van der Waals surface area contributed by atoms with Crippen LogP contribution < -0.4 is 0 Å². The van der Waals surface area contributed by atoms with Crippen molar-refractivity contribution in [2.45, 2.75) is 20.3 Å². The van der Waals surface area contributed by atoms with Crippen molar-refractivity contribution in [1.82, 2.24) is 9.80 Å². The summed E-state index contributed by atoms with van der Waals surface area (Å²) in [6.07, 6.45) is 1.31. The Morgan fingerprint density at radius 3 is 1.43 bits per heavy atom. The lowest BCUT2D eigenvalue weighted by molar-refractivity contribution is 0.243. The fourth-order valence-electron chi connectivity index (χ4n) is 0.716. The van der Waals surface area contributed by atoms with Crippen LogP contribution in [0.1, 0.15) is 20.3 Å². The summed E-state index contributed by atoms with van der Waals surface area (Å²) in [7, 11) is 8.08. The van der Waals surface area contributed by atoms with E-state index in [1.807, 2.05) is 19.0 Å². The minimum atomic E-state index is 0.257. The highest BCUT2D eigenvalue weighted by Gasteiger charge is 1.93. The number of aliphatic hydroxyl groups is 1. The van der Waals surface area contributed by atoms with E-state index in [0.717, 1.165) is 12.5 Å². The van der Waals surface area contributed by atoms with Crippen molar-refractivity contribution in [2.24, 2.45) is 5.92 Å². The van der Waals surface area contributed by atoms with Gasteiger partial charge in [-0.3, -0.25) is 0 Å². The van der Waals surface area contributed by atoms with Crippen LogP contribution in [-0.4, -0.2) is 62.8 Å². The fraction of sp³-hybridized carbons (Fsp3) is 1.00. The number of aliphatic hydroxyl groups excluding tert-OH is 1. The standard InChI is InChI=1S/C7H17N.C4H11NO/c1-7(2)5-6-8(3)4;1-5(2)3-4-6/h7H,5-6H2,1-4H3;6H,3-4H2,1-2H3. The third-order valence-corrected chi connectivity index (χ3v) is 1.70. The molecule has 0 atom stereocenters. The van der Waals surface area contributed by atoms with Crippen LogP contribution in [0.25, 0.3) is 0 Å². The SMILES string of the molecule is CC(C)CCN(C)C.CN(C)CCO. The van der Waals surface area contributed by atoms with Crippen LogP contribution in [0.2, 0.25) is 0 Å². The van der Waals surface area contributed by atoms with Gasteiger partial charge in [0.05, 0.1) is 6.61 Å². The molecule has 0 spiro atoms. The van der Waals surface area contributed by atoms with E-state index >= 15 is 0 Å². The Morgan fingerprint density at radius 1 is 0.929 bits per heavy atom. The second-order valence-corrected chi connectivity index (χ2v) is 4.51. The molecule has 0 unspecified atom stereocenters. The van der Waals surface area contributed by atoms with Crippen molar-refractivity contribution in [1.29, 1.82) is 0 Å². The molecular formula is C11H28N2O. The highest BCUT2D eigenvalue weighted by Crippen LogP contribution is 1.98. The van der Waals surface area contributed by atoms with E-state index in [4.69, 9.17) is 5.11 Å². The van der Waals surface area contributed by atoms with Gasteiger partial charge in [0.1, 0.15) is 0 Å². The maximum absolute atomic E-state index is 8.20. The highest BCUT2D eigenvalue weighted by atomic mass is 16.3. The number of hydrogen-bond acceptors (Lipinski definition) is 3. The summed E-state index contributed by atoms with van der Waals surface area (Å²) in [5, 5.41) is 8.20. The highest BCUT2D eigenvalue weighted by molar-refractivity contribution is 4.47. The lowest BCUT2D eigenvalue weighted by atomic mass is 10.1. The zero-order chi connectivity index (χ0) is 11.6. The second kappa shape index (κ2) is 11.0. The maximum atomic E-state index is 8.20. The van der Waals surface area contributed by atoms with Gasteiger partial charge in [-0.05, 0) is 47.1 Å². The molecule has 0 saturated carbocycles. The van der Waals surface area contributed by atoms with Gasteiger partial charge in [0.15, 0.2) is 0 Å². The van der Waals surface area contributed by atoms with Gasteiger partial charge in [-0.1, -0.05) is 13.8 Å². The zero-order valence-corrected chi connectivity index (χ0v) is 10.7. The average molecular weight is 204 g/mol. The predicted octanol–water partition coefficient (Wildman–Crippen LogP) is 1.13. The molecule has 3 heteroatoms. The number of likely N-dealkylation sites (N-methyl/N-ethyl adjacent to an activating group) is 1. The molecule has 88 valence electrons. The third kappa shape index (κ3) is 22.6. The largest absolute Gasteiger partial charge is 0.395 e. The molecule has 0 fully saturated rings. The molecular weight excluding hydrogens is 176 g/mol. The summed E-state index contributed by atoms with van der Waals surface area (Å²) in [6, 6.07) is 0. The van der Waals surface area contributed by atoms with Crippen LogP contribution >= 0.6 is 0 Å². The number of hydrogen-bond donors (Lipinski definition) is 1. The van der Waals surface area contributed by atoms with Gasteiger partial charge in [0, 0.05) is 6.54 Å². The molecule has 0 saturated heterocycles. The topological polar surface area (TPSA) is 26.7 Å². The monoisotopic (exact) mass is 204 g/mol. The van der Waals surface area contributed by atoms with Crippen molar-refractivity contribution in [3.63, 3.8) is 0 Å². The Hall–Kier alpha value is -0.120. The Labute approximate surface area is 89.7 Å². The van der Waals surface area contributed by atoms with Crippen molar-refractivity contribution < 1.29 is 5.11 Å². The molecule has 0 amide bonds. The smallest absolute Gasteiger partial charge is 0.0558 e. The van der Waals surface area contributed by atoms with E-state index in [-0.39, 0.29) is 6.61 Å². The fourth-order valence-corrected chi connectivity index (χ4v) is 0.716. The molecule has 0 aliphatic rings. The van der Waals surface area contributed by atoms with Crippen LogP contribution in [0.4, 0.5) is 0 Å². The van der Waals surface area contributed by atoms with Gasteiger partial charge >= 0.3 is 0 Å². The van der Waals surface area contributed by atoms with Gasteiger partial charge in [-0.15, -0.1) is 0 Å². The molecule has 1 N–H and O–H groups in total. The molecule has 0 aliphatic heterocycles. The summed E-state index contributed by atoms with van der Waals surface area (Å²) in [6.45, 7) is 6.75. The Balaban J connectivity index is 0. The van der Waals surface area contributed by atoms with Crippen molar-refractivity contribution in [2.75, 3.05) is 47.9 Å². The minimum Gasteiger partial charge on any atom is -0.395 e. The number of nitrogens with zero attached hydrogens (tertiary/aromatic N) is 2. The van der Waals surface area contributed by atoms with Crippen LogP contribution in [0.5, 0.6) is 0 Å². The minimum absolute atomic E-state index is 0.257. The quantitative estimate of drug-likeness (QED) is 0.727. The maximum Gasteiger partial charge on any atom is 0.0558 e. The van der Waals surface area contributed by atoms with E-state index in [9.17, 15) is 0 Å². The summed E-state index contributed by atoms with van der Waals surface area (Å²) in [4.78, 5) is 4.15. The summed E-state index contributed by atoms with van der Waals surface area (Å²) < 4.78 is 0. The van der Waals surface area contributed by atoms with Crippen molar-refractivity contribution in [3.8, 4) is 0 Å². The van der Waals surface area contributed by atoms with Crippen LogP contribution in [-0.2, 0) is 0 Å². The Morgan fingerprint density at radius 2 is 1.36 bits per heavy atom. The van der Waals surface area contributed by atoms with Gasteiger partial charge in [0.25, 0.3) is 0 Å². The van der Waals surface area contributed by atoms with E-state index in [1.54, 1.807) is 0 Å². The molecule has 0 aromatic heterocycles. The van der Waals surface area contributed by atoms with Gasteiger partial charge < -0.3 is 14.9 Å². The van der Waals surface area contributed by atoms with Crippen LogP contribution in [0.3, 0.4) is 0 Å². The molecule has 0 radical (unpaired) electrons. The van der Waals surface area contributed by atoms with E-state index in [0.29, 0.717) is 0 Å². The van der Waals surface area contributed by atoms with Gasteiger partial charge in [-0.2, -0.15) is 0 Å².